The van der Waals surface area contributed by atoms with Gasteiger partial charge in [-0.1, -0.05) is 0 Å². The molecule has 0 amide bonds. The summed E-state index contributed by atoms with van der Waals surface area (Å²) in [6, 6.07) is 10.5. The molecule has 1 aromatic heterocycles. The Morgan fingerprint density at radius 1 is 1.06 bits per heavy atom. The number of ether oxygens (including phenoxy) is 3. The van der Waals surface area contributed by atoms with Crippen LogP contribution in [0.5, 0.6) is 17.2 Å². The molecule has 3 aromatic rings. The maximum absolute atomic E-state index is 13.4. The summed E-state index contributed by atoms with van der Waals surface area (Å²) in [6.07, 6.45) is -0.0257. The van der Waals surface area contributed by atoms with Gasteiger partial charge in [0, 0.05) is 30.2 Å². The summed E-state index contributed by atoms with van der Waals surface area (Å²) in [5.74, 6) is 0.329. The Morgan fingerprint density at radius 2 is 1.84 bits per heavy atom. The van der Waals surface area contributed by atoms with Gasteiger partial charge in [0.15, 0.2) is 5.76 Å². The zero-order chi connectivity index (χ0) is 22.7. The SMILES string of the molecule is COc1ccc2cc([C@H]3CC(=O)Oc4ccc5c(c43)OC(=C(C)C)C5=O)c(=O)n(C)c2c1. The molecule has 7 heteroatoms. The van der Waals surface area contributed by atoms with E-state index in [1.807, 2.05) is 12.1 Å². The number of carbonyl (C=O) groups is 2. The Kier molecular flexibility index (Phi) is 4.44. The number of benzene rings is 2. The van der Waals surface area contributed by atoms with E-state index in [4.69, 9.17) is 14.2 Å². The summed E-state index contributed by atoms with van der Waals surface area (Å²) < 4.78 is 18.3. The molecular formula is C25H21NO6. The number of fused-ring (bicyclic) bond motifs is 4. The van der Waals surface area contributed by atoms with Gasteiger partial charge in [0.1, 0.15) is 17.2 Å². The lowest BCUT2D eigenvalue weighted by Crippen LogP contribution is -2.29. The highest BCUT2D eigenvalue weighted by molar-refractivity contribution is 6.13. The molecule has 0 bridgehead atoms. The second-order valence-electron chi connectivity index (χ2n) is 8.23. The molecule has 3 heterocycles. The van der Waals surface area contributed by atoms with Crippen molar-refractivity contribution in [2.24, 2.45) is 7.05 Å². The average Bonchev–Trinajstić information content (AvgIpc) is 3.12. The Labute approximate surface area is 183 Å². The largest absolute Gasteiger partial charge is 0.497 e. The van der Waals surface area contributed by atoms with Gasteiger partial charge < -0.3 is 18.8 Å². The third-order valence-corrected chi connectivity index (χ3v) is 6.05. The molecule has 0 aliphatic carbocycles. The predicted octanol–water partition coefficient (Wildman–Crippen LogP) is 3.86. The maximum Gasteiger partial charge on any atom is 0.312 e. The van der Waals surface area contributed by atoms with Crippen molar-refractivity contribution in [3.8, 4) is 17.2 Å². The number of esters is 1. The van der Waals surface area contributed by atoms with Gasteiger partial charge in [-0.05, 0) is 55.1 Å². The molecule has 0 unspecified atom stereocenters. The first kappa shape index (κ1) is 20.1. The van der Waals surface area contributed by atoms with Gasteiger partial charge in [0.25, 0.3) is 5.56 Å². The van der Waals surface area contributed by atoms with Crippen molar-refractivity contribution >= 4 is 22.7 Å². The molecule has 2 aliphatic heterocycles. The molecule has 0 N–H and O–H groups in total. The Balaban J connectivity index is 1.76. The average molecular weight is 431 g/mol. The van der Waals surface area contributed by atoms with E-state index in [2.05, 4.69) is 0 Å². The van der Waals surface area contributed by atoms with Gasteiger partial charge in [-0.25, -0.2) is 0 Å². The van der Waals surface area contributed by atoms with Crippen LogP contribution in [0, 0.1) is 0 Å². The van der Waals surface area contributed by atoms with Crippen LogP contribution < -0.4 is 19.8 Å². The van der Waals surface area contributed by atoms with Gasteiger partial charge >= 0.3 is 5.97 Å². The lowest BCUT2D eigenvalue weighted by molar-refractivity contribution is -0.135. The van der Waals surface area contributed by atoms with Crippen molar-refractivity contribution in [3.05, 3.63) is 74.8 Å². The predicted molar refractivity (Wildman–Crippen MR) is 118 cm³/mol. The minimum absolute atomic E-state index is 0.0257. The van der Waals surface area contributed by atoms with Crippen molar-refractivity contribution < 1.29 is 23.8 Å². The van der Waals surface area contributed by atoms with Gasteiger partial charge in [-0.2, -0.15) is 0 Å². The van der Waals surface area contributed by atoms with Crippen LogP contribution >= 0.6 is 0 Å². The topological polar surface area (TPSA) is 83.8 Å². The van der Waals surface area contributed by atoms with E-state index in [1.165, 1.54) is 0 Å². The fourth-order valence-electron chi connectivity index (χ4n) is 4.43. The number of methoxy groups -OCH3 is 1. The zero-order valence-corrected chi connectivity index (χ0v) is 18.1. The van der Waals surface area contributed by atoms with Crippen molar-refractivity contribution in [2.45, 2.75) is 26.2 Å². The number of aromatic nitrogens is 1. The fraction of sp³-hybridized carbons (Fsp3) is 0.240. The first-order valence-corrected chi connectivity index (χ1v) is 10.3. The first-order valence-electron chi connectivity index (χ1n) is 10.3. The Bertz CT molecular complexity index is 1420. The quantitative estimate of drug-likeness (QED) is 0.348. The summed E-state index contributed by atoms with van der Waals surface area (Å²) in [5, 5.41) is 0.831. The van der Waals surface area contributed by atoms with Gasteiger partial charge in [-0.3, -0.25) is 14.4 Å². The lowest BCUT2D eigenvalue weighted by atomic mass is 9.84. The van der Waals surface area contributed by atoms with Crippen LogP contribution in [0.15, 0.2) is 52.5 Å². The smallest absolute Gasteiger partial charge is 0.312 e. The van der Waals surface area contributed by atoms with Crippen molar-refractivity contribution in [3.63, 3.8) is 0 Å². The van der Waals surface area contributed by atoms with Crippen molar-refractivity contribution in [2.75, 3.05) is 7.11 Å². The molecule has 162 valence electrons. The summed E-state index contributed by atoms with van der Waals surface area (Å²) >= 11 is 0. The van der Waals surface area contributed by atoms with Crippen molar-refractivity contribution in [1.29, 1.82) is 0 Å². The van der Waals surface area contributed by atoms with Crippen molar-refractivity contribution in [1.82, 2.24) is 4.57 Å². The van der Waals surface area contributed by atoms with Crippen LogP contribution in [-0.4, -0.2) is 23.4 Å². The van der Waals surface area contributed by atoms with E-state index >= 15 is 0 Å². The minimum atomic E-state index is -0.601. The van der Waals surface area contributed by atoms with Crippen LogP contribution in [0.2, 0.25) is 0 Å². The standard InChI is InChI=1S/C25H21NO6/c1-12(2)23-22(28)15-7-8-19-21(24(15)32-23)16(11-20(27)31-19)17-9-13-5-6-14(30-4)10-18(13)26(3)25(17)29/h5-10,16H,11H2,1-4H3/t16-/m1/s1. The first-order chi connectivity index (χ1) is 15.3. The third kappa shape index (κ3) is 2.85. The van der Waals surface area contributed by atoms with E-state index in [0.717, 1.165) is 11.0 Å². The van der Waals surface area contributed by atoms with E-state index in [-0.39, 0.29) is 23.5 Å². The summed E-state index contributed by atoms with van der Waals surface area (Å²) in [4.78, 5) is 38.6. The lowest BCUT2D eigenvalue weighted by Gasteiger charge is -2.26. The number of hydrogen-bond acceptors (Lipinski definition) is 6. The number of Topliss-reactive ketones (excluding diaryl/α,β-unsaturated/α-hetero) is 1. The van der Waals surface area contributed by atoms with Crippen LogP contribution in [0.4, 0.5) is 0 Å². The Hall–Kier alpha value is -3.87. The molecule has 1 atom stereocenters. The number of pyridine rings is 1. The number of rotatable bonds is 2. The minimum Gasteiger partial charge on any atom is -0.497 e. The van der Waals surface area contributed by atoms with Gasteiger partial charge in [0.2, 0.25) is 5.78 Å². The second-order valence-corrected chi connectivity index (χ2v) is 8.23. The van der Waals surface area contributed by atoms with Gasteiger partial charge in [0.05, 0.1) is 24.6 Å². The molecule has 2 aromatic carbocycles. The number of carbonyl (C=O) groups excluding carboxylic acids is 2. The summed E-state index contributed by atoms with van der Waals surface area (Å²) in [5.41, 5.74) is 2.63. The molecular weight excluding hydrogens is 410 g/mol. The molecule has 0 saturated heterocycles. The highest BCUT2D eigenvalue weighted by Gasteiger charge is 2.39. The number of nitrogens with zero attached hydrogens (tertiary/aromatic N) is 1. The van der Waals surface area contributed by atoms with E-state index in [0.29, 0.717) is 39.5 Å². The molecule has 2 aliphatic rings. The van der Waals surface area contributed by atoms with E-state index in [9.17, 15) is 14.4 Å². The van der Waals surface area contributed by atoms with Crippen LogP contribution in [0.1, 0.15) is 47.7 Å². The third-order valence-electron chi connectivity index (χ3n) is 6.05. The number of ketones is 1. The highest BCUT2D eigenvalue weighted by atomic mass is 16.5. The molecule has 0 spiro atoms. The molecule has 7 nitrogen and oxygen atoms in total. The zero-order valence-electron chi connectivity index (χ0n) is 18.1. The number of hydrogen-bond donors (Lipinski definition) is 0. The fourth-order valence-corrected chi connectivity index (χ4v) is 4.43. The maximum atomic E-state index is 13.4. The van der Waals surface area contributed by atoms with Gasteiger partial charge in [-0.15, -0.1) is 0 Å². The number of aryl methyl sites for hydroxylation is 1. The second kappa shape index (κ2) is 7.09. The van der Waals surface area contributed by atoms with E-state index in [1.54, 1.807) is 56.8 Å². The molecule has 0 fully saturated rings. The highest BCUT2D eigenvalue weighted by Crippen LogP contribution is 2.48. The summed E-state index contributed by atoms with van der Waals surface area (Å²) in [7, 11) is 3.26. The van der Waals surface area contributed by atoms with Crippen LogP contribution in [0.3, 0.4) is 0 Å². The summed E-state index contributed by atoms with van der Waals surface area (Å²) in [6.45, 7) is 3.60. The molecule has 5 rings (SSSR count). The van der Waals surface area contributed by atoms with E-state index < -0.39 is 11.9 Å². The molecule has 0 radical (unpaired) electrons. The number of allylic oxidation sites excluding steroid dienone is 2. The Morgan fingerprint density at radius 3 is 2.56 bits per heavy atom. The normalized spacial score (nSPS) is 17.0. The monoisotopic (exact) mass is 431 g/mol. The molecule has 32 heavy (non-hydrogen) atoms. The van der Waals surface area contributed by atoms with Crippen LogP contribution in [-0.2, 0) is 11.8 Å². The van der Waals surface area contributed by atoms with Crippen LogP contribution in [0.25, 0.3) is 10.9 Å². The molecule has 0 saturated carbocycles.